The number of rotatable bonds is 2. The van der Waals surface area contributed by atoms with E-state index in [4.69, 9.17) is 4.74 Å². The second-order valence-electron chi connectivity index (χ2n) is 7.90. The Balaban J connectivity index is 2.11. The van der Waals surface area contributed by atoms with E-state index in [2.05, 4.69) is 27.7 Å². The number of fused-ring (bicyclic) bond motifs is 1. The van der Waals surface area contributed by atoms with Crippen molar-refractivity contribution in [1.29, 1.82) is 0 Å². The fourth-order valence-electron chi connectivity index (χ4n) is 4.51. The normalized spacial score (nSPS) is 39.2. The van der Waals surface area contributed by atoms with Gasteiger partial charge >= 0.3 is 5.97 Å². The third kappa shape index (κ3) is 2.98. The highest BCUT2D eigenvalue weighted by Gasteiger charge is 2.48. The monoisotopic (exact) mass is 266 g/mol. The van der Waals surface area contributed by atoms with E-state index in [-0.39, 0.29) is 17.5 Å². The van der Waals surface area contributed by atoms with Gasteiger partial charge < -0.3 is 4.74 Å². The molecule has 0 heterocycles. The van der Waals surface area contributed by atoms with E-state index in [1.165, 1.54) is 45.4 Å². The zero-order valence-corrected chi connectivity index (χ0v) is 13.3. The summed E-state index contributed by atoms with van der Waals surface area (Å²) in [7, 11) is 0. The minimum atomic E-state index is -0.140. The molecule has 2 rings (SSSR count). The molecule has 2 heteroatoms. The van der Waals surface area contributed by atoms with Crippen LogP contribution in [0.4, 0.5) is 0 Å². The molecule has 2 fully saturated rings. The van der Waals surface area contributed by atoms with E-state index in [0.717, 1.165) is 11.8 Å². The molecule has 0 bridgehead atoms. The summed E-state index contributed by atoms with van der Waals surface area (Å²) < 4.78 is 5.50. The molecule has 19 heavy (non-hydrogen) atoms. The van der Waals surface area contributed by atoms with Crippen LogP contribution in [0.2, 0.25) is 0 Å². The van der Waals surface area contributed by atoms with E-state index in [1.54, 1.807) is 0 Å². The first-order valence-corrected chi connectivity index (χ1v) is 7.92. The van der Waals surface area contributed by atoms with Crippen LogP contribution in [-0.4, -0.2) is 12.1 Å². The molecular weight excluding hydrogens is 236 g/mol. The number of hydrogen-bond donors (Lipinski definition) is 0. The van der Waals surface area contributed by atoms with Crippen molar-refractivity contribution in [3.8, 4) is 0 Å². The van der Waals surface area contributed by atoms with E-state index in [1.807, 2.05) is 0 Å². The Morgan fingerprint density at radius 2 is 1.89 bits per heavy atom. The summed E-state index contributed by atoms with van der Waals surface area (Å²) in [5.41, 5.74) is 0.627. The summed E-state index contributed by atoms with van der Waals surface area (Å²) in [6.07, 6.45) is 7.94. The smallest absolute Gasteiger partial charge is 0.302 e. The SMILES string of the molecule is CC(=O)O[C@H](C)[C@@]1(C)CC[C@@H]2CCCC(C)(C)[C@@H]2C1. The fourth-order valence-corrected chi connectivity index (χ4v) is 4.51. The number of carbonyl (C=O) groups is 1. The summed E-state index contributed by atoms with van der Waals surface area (Å²) in [5, 5.41) is 0. The Morgan fingerprint density at radius 3 is 2.53 bits per heavy atom. The van der Waals surface area contributed by atoms with Crippen LogP contribution >= 0.6 is 0 Å². The Kier molecular flexibility index (Phi) is 3.99. The highest BCUT2D eigenvalue weighted by molar-refractivity contribution is 5.66. The fraction of sp³-hybridized carbons (Fsp3) is 0.941. The number of carbonyl (C=O) groups excluding carboxylic acids is 1. The molecule has 0 spiro atoms. The van der Waals surface area contributed by atoms with Crippen LogP contribution in [0.15, 0.2) is 0 Å². The second kappa shape index (κ2) is 5.10. The van der Waals surface area contributed by atoms with Gasteiger partial charge in [0.2, 0.25) is 0 Å². The molecule has 0 aliphatic heterocycles. The van der Waals surface area contributed by atoms with E-state index in [0.29, 0.717) is 5.41 Å². The Hall–Kier alpha value is -0.530. The molecule has 0 aromatic heterocycles. The van der Waals surface area contributed by atoms with Gasteiger partial charge in [-0.25, -0.2) is 0 Å². The van der Waals surface area contributed by atoms with Gasteiger partial charge in [0, 0.05) is 12.3 Å². The minimum absolute atomic E-state index is 0.0451. The topological polar surface area (TPSA) is 26.3 Å². The van der Waals surface area contributed by atoms with Crippen molar-refractivity contribution < 1.29 is 9.53 Å². The van der Waals surface area contributed by atoms with Gasteiger partial charge in [-0.2, -0.15) is 0 Å². The van der Waals surface area contributed by atoms with Gasteiger partial charge in [0.1, 0.15) is 6.10 Å². The summed E-state index contributed by atoms with van der Waals surface area (Å²) in [6, 6.07) is 0. The van der Waals surface area contributed by atoms with Gasteiger partial charge in [-0.3, -0.25) is 4.79 Å². The largest absolute Gasteiger partial charge is 0.462 e. The summed E-state index contributed by atoms with van der Waals surface area (Å²) in [5.74, 6) is 1.57. The molecule has 0 aromatic carbocycles. The molecule has 4 atom stereocenters. The van der Waals surface area contributed by atoms with E-state index >= 15 is 0 Å². The minimum Gasteiger partial charge on any atom is -0.462 e. The lowest BCUT2D eigenvalue weighted by Crippen LogP contribution is -2.46. The molecule has 2 aliphatic carbocycles. The predicted molar refractivity (Wildman–Crippen MR) is 77.8 cm³/mol. The lowest BCUT2D eigenvalue weighted by atomic mass is 9.53. The molecule has 0 aromatic rings. The summed E-state index contributed by atoms with van der Waals surface area (Å²) in [4.78, 5) is 11.2. The molecule has 2 nitrogen and oxygen atoms in total. The van der Waals surface area contributed by atoms with Crippen molar-refractivity contribution in [2.45, 2.75) is 79.2 Å². The quantitative estimate of drug-likeness (QED) is 0.684. The van der Waals surface area contributed by atoms with Crippen molar-refractivity contribution in [2.75, 3.05) is 0 Å². The molecule has 110 valence electrons. The molecule has 0 saturated heterocycles. The molecule has 0 amide bonds. The van der Waals surface area contributed by atoms with Crippen LogP contribution in [-0.2, 0) is 9.53 Å². The van der Waals surface area contributed by atoms with Gasteiger partial charge in [-0.1, -0.05) is 33.6 Å². The lowest BCUT2D eigenvalue weighted by molar-refractivity contribution is -0.156. The standard InChI is InChI=1S/C17H30O2/c1-12(19-13(2)18)17(5)10-8-14-7-6-9-16(3,4)15(14)11-17/h12,14-15H,6-11H2,1-5H3/t12-,14+,15-,17+/m1/s1. The Labute approximate surface area is 118 Å². The van der Waals surface area contributed by atoms with Gasteiger partial charge in [0.15, 0.2) is 0 Å². The van der Waals surface area contributed by atoms with Crippen LogP contribution in [0.1, 0.15) is 73.1 Å². The third-order valence-electron chi connectivity index (χ3n) is 6.07. The maximum absolute atomic E-state index is 11.2. The number of ether oxygens (including phenoxy) is 1. The highest BCUT2D eigenvalue weighted by Crippen LogP contribution is 2.56. The Bertz CT molecular complexity index is 347. The zero-order valence-electron chi connectivity index (χ0n) is 13.3. The van der Waals surface area contributed by atoms with Crippen LogP contribution in [0.3, 0.4) is 0 Å². The van der Waals surface area contributed by atoms with E-state index in [9.17, 15) is 4.79 Å². The van der Waals surface area contributed by atoms with E-state index < -0.39 is 0 Å². The first-order valence-electron chi connectivity index (χ1n) is 7.92. The highest BCUT2D eigenvalue weighted by atomic mass is 16.5. The van der Waals surface area contributed by atoms with Crippen LogP contribution in [0.25, 0.3) is 0 Å². The van der Waals surface area contributed by atoms with Crippen LogP contribution < -0.4 is 0 Å². The molecule has 0 unspecified atom stereocenters. The number of hydrogen-bond acceptors (Lipinski definition) is 2. The second-order valence-corrected chi connectivity index (χ2v) is 7.90. The Morgan fingerprint density at radius 1 is 1.21 bits per heavy atom. The lowest BCUT2D eigenvalue weighted by Gasteiger charge is -2.53. The van der Waals surface area contributed by atoms with Crippen LogP contribution in [0.5, 0.6) is 0 Å². The van der Waals surface area contributed by atoms with Gasteiger partial charge in [0.25, 0.3) is 0 Å². The molecule has 2 saturated carbocycles. The third-order valence-corrected chi connectivity index (χ3v) is 6.07. The molecule has 0 radical (unpaired) electrons. The maximum atomic E-state index is 11.2. The van der Waals surface area contributed by atoms with Crippen molar-refractivity contribution in [1.82, 2.24) is 0 Å². The average molecular weight is 266 g/mol. The van der Waals surface area contributed by atoms with Crippen molar-refractivity contribution >= 4 is 5.97 Å². The molecular formula is C17H30O2. The van der Waals surface area contributed by atoms with Crippen LogP contribution in [0, 0.1) is 22.7 Å². The van der Waals surface area contributed by atoms with Gasteiger partial charge in [-0.05, 0) is 49.9 Å². The van der Waals surface area contributed by atoms with Gasteiger partial charge in [-0.15, -0.1) is 0 Å². The molecule has 2 aliphatic rings. The predicted octanol–water partition coefficient (Wildman–Crippen LogP) is 4.57. The summed E-state index contributed by atoms with van der Waals surface area (Å²) in [6.45, 7) is 10.8. The van der Waals surface area contributed by atoms with Crippen molar-refractivity contribution in [3.05, 3.63) is 0 Å². The number of esters is 1. The van der Waals surface area contributed by atoms with Crippen molar-refractivity contribution in [3.63, 3.8) is 0 Å². The first kappa shape index (κ1) is 14.9. The first-order chi connectivity index (χ1) is 8.74. The van der Waals surface area contributed by atoms with Crippen molar-refractivity contribution in [2.24, 2.45) is 22.7 Å². The molecule has 0 N–H and O–H groups in total. The van der Waals surface area contributed by atoms with Gasteiger partial charge in [0.05, 0.1) is 0 Å². The average Bonchev–Trinajstić information content (AvgIpc) is 2.29. The maximum Gasteiger partial charge on any atom is 0.302 e. The summed E-state index contributed by atoms with van der Waals surface area (Å²) >= 11 is 0. The zero-order chi connectivity index (χ0) is 14.3.